The lowest BCUT2D eigenvalue weighted by molar-refractivity contribution is -0.00706. The van der Waals surface area contributed by atoms with Crippen LogP contribution in [0, 0.1) is 0 Å². The molecule has 2 aliphatic rings. The van der Waals surface area contributed by atoms with Crippen molar-refractivity contribution in [3.63, 3.8) is 0 Å². The van der Waals surface area contributed by atoms with Crippen LogP contribution in [0.15, 0.2) is 48.5 Å². The fourth-order valence-electron chi connectivity index (χ4n) is 9.02. The van der Waals surface area contributed by atoms with E-state index in [0.717, 1.165) is 93.2 Å². The number of fused-ring (bicyclic) bond motifs is 2. The van der Waals surface area contributed by atoms with Crippen molar-refractivity contribution in [1.82, 2.24) is 0 Å². The van der Waals surface area contributed by atoms with Gasteiger partial charge in [-0.25, -0.2) is 0 Å². The standard InChI is InChI=1S/C54H78N4O8/c1-3-5-7-9-11-13-15-63-51-39-27-43-35-49(57)37-45-29-41-33-48(56)34-42(52(41)64-16-14-12-10-8-6-4-2)30-46-38-50(58)36-44(28-40(51)32-47(55)31-39)54(46)66-26-24-62-22-20-60-18-17-59-19-21-61-23-25-65-53(43)45/h31-38H,3-30,55-58H2,1-2H3. The number of anilines is 4. The van der Waals surface area contributed by atoms with Crippen molar-refractivity contribution in [2.45, 2.75) is 117 Å². The monoisotopic (exact) mass is 911 g/mol. The summed E-state index contributed by atoms with van der Waals surface area (Å²) in [6, 6.07) is 16.1. The van der Waals surface area contributed by atoms with E-state index < -0.39 is 0 Å². The number of rotatable bonds is 16. The third-order valence-corrected chi connectivity index (χ3v) is 12.1. The second-order valence-corrected chi connectivity index (χ2v) is 17.8. The highest BCUT2D eigenvalue weighted by Crippen LogP contribution is 2.42. The van der Waals surface area contributed by atoms with Gasteiger partial charge in [0, 0.05) is 92.9 Å². The Bertz CT molecular complexity index is 1850. The van der Waals surface area contributed by atoms with Crippen molar-refractivity contribution in [3.8, 4) is 23.0 Å². The van der Waals surface area contributed by atoms with E-state index in [-0.39, 0.29) is 0 Å². The summed E-state index contributed by atoms with van der Waals surface area (Å²) < 4.78 is 50.8. The van der Waals surface area contributed by atoms with Gasteiger partial charge in [-0.2, -0.15) is 0 Å². The lowest BCUT2D eigenvalue weighted by Crippen LogP contribution is -2.15. The highest BCUT2D eigenvalue weighted by molar-refractivity contribution is 5.64. The van der Waals surface area contributed by atoms with Gasteiger partial charge in [0.15, 0.2) is 0 Å². The van der Waals surface area contributed by atoms with Gasteiger partial charge in [0.1, 0.15) is 36.2 Å². The molecular weight excluding hydrogens is 833 g/mol. The maximum Gasteiger partial charge on any atom is 0.126 e. The van der Waals surface area contributed by atoms with Crippen LogP contribution in [0.2, 0.25) is 0 Å². The number of hydrogen-bond donors (Lipinski definition) is 4. The Balaban J connectivity index is 1.50. The normalized spacial score (nSPS) is 15.4. The van der Waals surface area contributed by atoms with Gasteiger partial charge in [-0.15, -0.1) is 0 Å². The molecule has 0 unspecified atom stereocenters. The van der Waals surface area contributed by atoms with Crippen LogP contribution in [0.3, 0.4) is 0 Å². The molecule has 0 aromatic heterocycles. The molecule has 0 fully saturated rings. The zero-order valence-electron chi connectivity index (χ0n) is 40.0. The van der Waals surface area contributed by atoms with Gasteiger partial charge in [-0.05, 0) is 61.4 Å². The molecule has 0 saturated heterocycles. The number of nitrogen functional groups attached to an aromatic ring is 4. The highest BCUT2D eigenvalue weighted by atomic mass is 16.6. The zero-order valence-corrected chi connectivity index (χ0v) is 40.0. The minimum atomic E-state index is 0.318. The Labute approximate surface area is 394 Å². The molecule has 8 N–H and O–H groups in total. The topological polar surface area (TPSA) is 178 Å². The third kappa shape index (κ3) is 15.9. The molecule has 0 spiro atoms. The van der Waals surface area contributed by atoms with Crippen molar-refractivity contribution in [1.29, 1.82) is 0 Å². The minimum Gasteiger partial charge on any atom is -0.493 e. The molecular formula is C54H78N4O8. The van der Waals surface area contributed by atoms with E-state index in [4.69, 9.17) is 60.8 Å². The van der Waals surface area contributed by atoms with Crippen LogP contribution in [0.5, 0.6) is 23.0 Å². The average Bonchev–Trinajstić information content (AvgIpc) is 3.27. The Morgan fingerprint density at radius 3 is 0.909 bits per heavy atom. The molecule has 1 aliphatic carbocycles. The maximum atomic E-state index is 6.88. The smallest absolute Gasteiger partial charge is 0.126 e. The molecule has 6 rings (SSSR count). The summed E-state index contributed by atoms with van der Waals surface area (Å²) in [4.78, 5) is 0. The fraction of sp³-hybridized carbons (Fsp3) is 0.556. The molecule has 0 amide bonds. The van der Waals surface area contributed by atoms with Crippen LogP contribution in [0.25, 0.3) is 0 Å². The number of ether oxygens (including phenoxy) is 8. The van der Waals surface area contributed by atoms with E-state index in [1.165, 1.54) is 51.4 Å². The van der Waals surface area contributed by atoms with Crippen LogP contribution in [-0.2, 0) is 44.6 Å². The van der Waals surface area contributed by atoms with Gasteiger partial charge < -0.3 is 60.8 Å². The van der Waals surface area contributed by atoms with Gasteiger partial charge in [0.05, 0.1) is 66.1 Å². The Kier molecular flexibility index (Phi) is 21.2. The molecule has 0 saturated carbocycles. The molecule has 0 radical (unpaired) electrons. The first-order chi connectivity index (χ1) is 32.3. The Hall–Kier alpha value is -4.88. The summed E-state index contributed by atoms with van der Waals surface area (Å²) in [6.45, 7) is 9.71. The molecule has 4 aromatic rings. The van der Waals surface area contributed by atoms with Crippen molar-refractivity contribution in [3.05, 3.63) is 93.0 Å². The molecule has 10 bridgehead atoms. The first-order valence-electron chi connectivity index (χ1n) is 24.8. The fourth-order valence-corrected chi connectivity index (χ4v) is 9.02. The van der Waals surface area contributed by atoms with Crippen molar-refractivity contribution in [2.75, 3.05) is 102 Å². The minimum absolute atomic E-state index is 0.318. The van der Waals surface area contributed by atoms with E-state index >= 15 is 0 Å². The van der Waals surface area contributed by atoms with E-state index in [0.29, 0.717) is 128 Å². The van der Waals surface area contributed by atoms with Crippen LogP contribution in [0.4, 0.5) is 22.7 Å². The summed E-state index contributed by atoms with van der Waals surface area (Å²) in [5.41, 5.74) is 37.3. The molecule has 66 heavy (non-hydrogen) atoms. The van der Waals surface area contributed by atoms with Crippen molar-refractivity contribution < 1.29 is 37.9 Å². The van der Waals surface area contributed by atoms with Gasteiger partial charge in [-0.1, -0.05) is 78.1 Å². The Morgan fingerprint density at radius 1 is 0.348 bits per heavy atom. The first kappa shape index (κ1) is 50.5. The van der Waals surface area contributed by atoms with Crippen molar-refractivity contribution >= 4 is 22.7 Å². The molecule has 12 heteroatoms. The van der Waals surface area contributed by atoms with E-state index in [2.05, 4.69) is 13.8 Å². The molecule has 1 aliphatic heterocycles. The lowest BCUT2D eigenvalue weighted by atomic mass is 9.90. The number of hydrogen-bond acceptors (Lipinski definition) is 12. The summed E-state index contributed by atoms with van der Waals surface area (Å²) in [6.07, 6.45) is 15.7. The van der Waals surface area contributed by atoms with Crippen LogP contribution < -0.4 is 41.9 Å². The van der Waals surface area contributed by atoms with Crippen LogP contribution in [-0.4, -0.2) is 79.3 Å². The molecule has 0 atom stereocenters. The zero-order chi connectivity index (χ0) is 46.4. The highest BCUT2D eigenvalue weighted by Gasteiger charge is 2.24. The second kappa shape index (κ2) is 27.7. The van der Waals surface area contributed by atoms with Gasteiger partial charge in [0.2, 0.25) is 0 Å². The van der Waals surface area contributed by atoms with Gasteiger partial charge >= 0.3 is 0 Å². The second-order valence-electron chi connectivity index (χ2n) is 17.8. The van der Waals surface area contributed by atoms with Crippen molar-refractivity contribution in [2.24, 2.45) is 0 Å². The largest absolute Gasteiger partial charge is 0.493 e. The average molecular weight is 911 g/mol. The molecule has 1 heterocycles. The SMILES string of the molecule is CCCCCCCCOc1c2cc(N)cc1Cc1cc(N)cc3c1OCCOCCOCCOCCOCCOc1c(cc(N)cc1Cc1cc(N)cc(c1OCCCCCCCC)C3)C2. The third-order valence-electron chi connectivity index (χ3n) is 12.1. The number of benzene rings is 4. The number of unbranched alkanes of at least 4 members (excludes halogenated alkanes) is 10. The summed E-state index contributed by atoms with van der Waals surface area (Å²) >= 11 is 0. The number of nitrogens with two attached hydrogens (primary N) is 4. The lowest BCUT2D eigenvalue weighted by Gasteiger charge is -2.24. The predicted molar refractivity (Wildman–Crippen MR) is 267 cm³/mol. The molecule has 4 aromatic carbocycles. The quantitative estimate of drug-likeness (QED) is 0.0545. The van der Waals surface area contributed by atoms with E-state index in [9.17, 15) is 0 Å². The van der Waals surface area contributed by atoms with E-state index in [1.54, 1.807) is 0 Å². The van der Waals surface area contributed by atoms with E-state index in [1.807, 2.05) is 48.5 Å². The van der Waals surface area contributed by atoms with Gasteiger partial charge in [-0.3, -0.25) is 0 Å². The molecule has 362 valence electrons. The van der Waals surface area contributed by atoms with Crippen LogP contribution >= 0.6 is 0 Å². The maximum absolute atomic E-state index is 6.88. The summed E-state index contributed by atoms with van der Waals surface area (Å²) in [5.74, 6) is 3.09. The first-order valence-corrected chi connectivity index (χ1v) is 24.8. The molecule has 12 nitrogen and oxygen atoms in total. The summed E-state index contributed by atoms with van der Waals surface area (Å²) in [5, 5.41) is 0. The Morgan fingerprint density at radius 2 is 0.606 bits per heavy atom. The summed E-state index contributed by atoms with van der Waals surface area (Å²) in [7, 11) is 0. The van der Waals surface area contributed by atoms with Crippen LogP contribution in [0.1, 0.15) is 135 Å². The van der Waals surface area contributed by atoms with Gasteiger partial charge in [0.25, 0.3) is 0 Å². The predicted octanol–water partition coefficient (Wildman–Crippen LogP) is 10.0.